The second-order valence-corrected chi connectivity index (χ2v) is 5.83. The maximum Gasteiger partial charge on any atom is 0.329 e. The zero-order valence-electron chi connectivity index (χ0n) is 13.6. The molecule has 9 heteroatoms. The summed E-state index contributed by atoms with van der Waals surface area (Å²) in [6.45, 7) is 4.31. The maximum atomic E-state index is 11.0. The average Bonchev–Trinajstić information content (AvgIpc) is 2.91. The summed E-state index contributed by atoms with van der Waals surface area (Å²) >= 11 is 5.71. The predicted molar refractivity (Wildman–Crippen MR) is 94.1 cm³/mol. The summed E-state index contributed by atoms with van der Waals surface area (Å²) in [7, 11) is 0. The second kappa shape index (κ2) is 6.86. The van der Waals surface area contributed by atoms with E-state index in [0.29, 0.717) is 6.54 Å². The van der Waals surface area contributed by atoms with Crippen LogP contribution in [-0.4, -0.2) is 24.7 Å². The Morgan fingerprint density at radius 3 is 2.60 bits per heavy atom. The smallest absolute Gasteiger partial charge is 0.329 e. The highest BCUT2D eigenvalue weighted by Crippen LogP contribution is 2.22. The topological polar surface area (TPSA) is 98.8 Å². The molecule has 25 heavy (non-hydrogen) atoms. The number of anilines is 1. The van der Waals surface area contributed by atoms with Crippen molar-refractivity contribution >= 4 is 23.1 Å². The summed E-state index contributed by atoms with van der Waals surface area (Å²) in [6, 6.07) is 9.74. The molecule has 3 rings (SSSR count). The second-order valence-electron chi connectivity index (χ2n) is 5.49. The van der Waals surface area contributed by atoms with Crippen molar-refractivity contribution in [3.63, 3.8) is 0 Å². The van der Waals surface area contributed by atoms with Crippen LogP contribution < -0.4 is 5.32 Å². The first-order valence-corrected chi connectivity index (χ1v) is 7.85. The van der Waals surface area contributed by atoms with Gasteiger partial charge in [0.25, 0.3) is 0 Å². The number of hydrogen-bond acceptors (Lipinski definition) is 6. The van der Waals surface area contributed by atoms with Crippen molar-refractivity contribution in [2.45, 2.75) is 20.4 Å². The zero-order chi connectivity index (χ0) is 18.0. The fourth-order valence-corrected chi connectivity index (χ4v) is 2.58. The molecule has 128 valence electrons. The molecule has 0 radical (unpaired) electrons. The number of halogens is 1. The Labute approximate surface area is 148 Å². The standard InChI is InChI=1S/C16H15ClN6O2/c1-10-7-11(2)22(21-10)13-5-3-12(4-6-13)8-18-15-14(23(24)25)9-19-16(17)20-15/h3-7,9H,8H2,1-2H3,(H,18,19,20). The van der Waals surface area contributed by atoms with Gasteiger partial charge in [0.2, 0.25) is 11.1 Å². The van der Waals surface area contributed by atoms with Crippen LogP contribution in [0.4, 0.5) is 11.5 Å². The molecule has 0 atom stereocenters. The van der Waals surface area contributed by atoms with E-state index in [2.05, 4.69) is 20.4 Å². The molecule has 0 bridgehead atoms. The van der Waals surface area contributed by atoms with E-state index in [1.54, 1.807) is 0 Å². The lowest BCUT2D eigenvalue weighted by Gasteiger charge is -2.08. The molecular weight excluding hydrogens is 344 g/mol. The number of aromatic nitrogens is 4. The number of nitrogens with zero attached hydrogens (tertiary/aromatic N) is 5. The van der Waals surface area contributed by atoms with Gasteiger partial charge in [-0.2, -0.15) is 10.1 Å². The quantitative estimate of drug-likeness (QED) is 0.426. The molecule has 3 aromatic rings. The third-order valence-corrected chi connectivity index (χ3v) is 3.77. The van der Waals surface area contributed by atoms with Crippen LogP contribution in [-0.2, 0) is 6.54 Å². The van der Waals surface area contributed by atoms with E-state index in [4.69, 9.17) is 11.6 Å². The van der Waals surface area contributed by atoms with E-state index in [0.717, 1.165) is 28.8 Å². The molecule has 0 amide bonds. The van der Waals surface area contributed by atoms with Crippen LogP contribution in [0.1, 0.15) is 17.0 Å². The van der Waals surface area contributed by atoms with Crippen LogP contribution in [0.3, 0.4) is 0 Å². The Balaban J connectivity index is 1.76. The van der Waals surface area contributed by atoms with E-state index in [1.807, 2.05) is 48.9 Å². The van der Waals surface area contributed by atoms with Gasteiger partial charge in [0.05, 0.1) is 16.3 Å². The summed E-state index contributed by atoms with van der Waals surface area (Å²) in [6.07, 6.45) is 1.09. The largest absolute Gasteiger partial charge is 0.360 e. The van der Waals surface area contributed by atoms with Gasteiger partial charge in [-0.25, -0.2) is 9.67 Å². The van der Waals surface area contributed by atoms with Crippen LogP contribution >= 0.6 is 11.6 Å². The van der Waals surface area contributed by atoms with Gasteiger partial charge in [-0.15, -0.1) is 0 Å². The van der Waals surface area contributed by atoms with Gasteiger partial charge in [0.1, 0.15) is 6.20 Å². The molecule has 0 aliphatic carbocycles. The van der Waals surface area contributed by atoms with Crippen molar-refractivity contribution in [1.82, 2.24) is 19.7 Å². The Morgan fingerprint density at radius 1 is 1.28 bits per heavy atom. The number of nitrogens with one attached hydrogen (secondary N) is 1. The fraction of sp³-hybridized carbons (Fsp3) is 0.188. The van der Waals surface area contributed by atoms with E-state index < -0.39 is 4.92 Å². The molecule has 8 nitrogen and oxygen atoms in total. The summed E-state index contributed by atoms with van der Waals surface area (Å²) in [5.41, 5.74) is 3.68. The molecule has 1 aromatic carbocycles. The van der Waals surface area contributed by atoms with E-state index in [1.165, 1.54) is 0 Å². The first kappa shape index (κ1) is 16.8. The third kappa shape index (κ3) is 3.74. The van der Waals surface area contributed by atoms with E-state index in [9.17, 15) is 10.1 Å². The predicted octanol–water partition coefficient (Wildman–Crippen LogP) is 3.45. The minimum absolute atomic E-state index is 0.0482. The average molecular weight is 359 g/mol. The van der Waals surface area contributed by atoms with Gasteiger partial charge in [0.15, 0.2) is 0 Å². The summed E-state index contributed by atoms with van der Waals surface area (Å²) in [5.74, 6) is 0.0904. The van der Waals surface area contributed by atoms with Crippen molar-refractivity contribution in [1.29, 1.82) is 0 Å². The normalized spacial score (nSPS) is 10.7. The minimum Gasteiger partial charge on any atom is -0.360 e. The van der Waals surface area contributed by atoms with Gasteiger partial charge in [-0.3, -0.25) is 10.1 Å². The lowest BCUT2D eigenvalue weighted by molar-refractivity contribution is -0.384. The first-order valence-electron chi connectivity index (χ1n) is 7.47. The molecule has 0 spiro atoms. The van der Waals surface area contributed by atoms with Crippen LogP contribution in [0.2, 0.25) is 5.28 Å². The first-order chi connectivity index (χ1) is 11.9. The summed E-state index contributed by atoms with van der Waals surface area (Å²) < 4.78 is 1.86. The van der Waals surface area contributed by atoms with Gasteiger partial charge < -0.3 is 5.32 Å². The monoisotopic (exact) mass is 358 g/mol. The number of nitro groups is 1. The lowest BCUT2D eigenvalue weighted by Crippen LogP contribution is -2.06. The molecule has 0 aliphatic heterocycles. The van der Waals surface area contributed by atoms with Crippen LogP contribution in [0.15, 0.2) is 36.5 Å². The summed E-state index contributed by atoms with van der Waals surface area (Å²) in [4.78, 5) is 18.0. The van der Waals surface area contributed by atoms with Gasteiger partial charge in [0, 0.05) is 12.2 Å². The van der Waals surface area contributed by atoms with Gasteiger partial charge in [-0.1, -0.05) is 12.1 Å². The molecule has 0 aliphatic rings. The summed E-state index contributed by atoms with van der Waals surface area (Å²) in [5, 5.41) is 18.3. The van der Waals surface area contributed by atoms with E-state index >= 15 is 0 Å². The molecule has 0 fully saturated rings. The van der Waals surface area contributed by atoms with Crippen molar-refractivity contribution in [2.75, 3.05) is 5.32 Å². The van der Waals surface area contributed by atoms with Crippen molar-refractivity contribution in [3.05, 3.63) is 68.9 Å². The number of rotatable bonds is 5. The highest BCUT2D eigenvalue weighted by molar-refractivity contribution is 6.28. The molecular formula is C16H15ClN6O2. The molecule has 0 saturated heterocycles. The molecule has 0 unspecified atom stereocenters. The van der Waals surface area contributed by atoms with Crippen LogP contribution in [0, 0.1) is 24.0 Å². The van der Waals surface area contributed by atoms with Gasteiger partial charge in [-0.05, 0) is 49.2 Å². The molecule has 2 heterocycles. The molecule has 1 N–H and O–H groups in total. The number of benzene rings is 1. The van der Waals surface area contributed by atoms with Crippen molar-refractivity contribution in [2.24, 2.45) is 0 Å². The Kier molecular flexibility index (Phi) is 4.62. The van der Waals surface area contributed by atoms with E-state index in [-0.39, 0.29) is 16.8 Å². The fourth-order valence-electron chi connectivity index (χ4n) is 2.45. The lowest BCUT2D eigenvalue weighted by atomic mass is 10.2. The van der Waals surface area contributed by atoms with Crippen molar-refractivity contribution in [3.8, 4) is 5.69 Å². The number of hydrogen-bond donors (Lipinski definition) is 1. The molecule has 2 aromatic heterocycles. The minimum atomic E-state index is -0.551. The van der Waals surface area contributed by atoms with Crippen LogP contribution in [0.25, 0.3) is 5.69 Å². The zero-order valence-corrected chi connectivity index (χ0v) is 14.4. The van der Waals surface area contributed by atoms with Crippen LogP contribution in [0.5, 0.6) is 0 Å². The maximum absolute atomic E-state index is 11.0. The Morgan fingerprint density at radius 2 is 2.00 bits per heavy atom. The van der Waals surface area contributed by atoms with Crippen molar-refractivity contribution < 1.29 is 4.92 Å². The number of aryl methyl sites for hydroxylation is 2. The molecule has 0 saturated carbocycles. The highest BCUT2D eigenvalue weighted by Gasteiger charge is 2.16. The highest BCUT2D eigenvalue weighted by atomic mass is 35.5. The Bertz CT molecular complexity index is 923. The SMILES string of the molecule is Cc1cc(C)n(-c2ccc(CNc3nc(Cl)ncc3[N+](=O)[O-])cc2)n1. The van der Waals surface area contributed by atoms with Gasteiger partial charge >= 0.3 is 5.69 Å². The third-order valence-electron chi connectivity index (χ3n) is 3.59. The Hall–Kier alpha value is -3.00.